The summed E-state index contributed by atoms with van der Waals surface area (Å²) >= 11 is 0. The molecule has 7 nitrogen and oxygen atoms in total. The van der Waals surface area contributed by atoms with Gasteiger partial charge in [-0.15, -0.1) is 0 Å². The van der Waals surface area contributed by atoms with Crippen molar-refractivity contribution in [1.82, 2.24) is 0 Å². The monoisotopic (exact) mass is 269 g/mol. The highest BCUT2D eigenvalue weighted by Gasteiger charge is 2.29. The number of carbonyl (C=O) groups excluding carboxylic acids is 1. The SMILES string of the molecule is CNc1cc(C(=O)OC)c(C)c([N+](=O)[O-])c1C(=N)F. The van der Waals surface area contributed by atoms with Crippen LogP contribution >= 0.6 is 0 Å². The van der Waals surface area contributed by atoms with Crippen LogP contribution in [0.25, 0.3) is 0 Å². The first-order valence-corrected chi connectivity index (χ1v) is 5.17. The Labute approximate surface area is 108 Å². The van der Waals surface area contributed by atoms with Gasteiger partial charge in [0.2, 0.25) is 5.97 Å². The summed E-state index contributed by atoms with van der Waals surface area (Å²) in [6.07, 6.45) is 0. The summed E-state index contributed by atoms with van der Waals surface area (Å²) in [4.78, 5) is 21.8. The lowest BCUT2D eigenvalue weighted by Crippen LogP contribution is -2.12. The topological polar surface area (TPSA) is 105 Å². The molecule has 1 aromatic carbocycles. The highest BCUT2D eigenvalue weighted by atomic mass is 19.1. The van der Waals surface area contributed by atoms with Gasteiger partial charge in [-0.3, -0.25) is 15.5 Å². The van der Waals surface area contributed by atoms with Gasteiger partial charge in [0.1, 0.15) is 5.56 Å². The molecule has 0 aliphatic rings. The van der Waals surface area contributed by atoms with Gasteiger partial charge >= 0.3 is 5.97 Å². The molecule has 2 N–H and O–H groups in total. The number of nitrogens with zero attached hydrogens (tertiary/aromatic N) is 1. The van der Waals surface area contributed by atoms with E-state index in [-0.39, 0.29) is 16.8 Å². The van der Waals surface area contributed by atoms with Crippen LogP contribution < -0.4 is 5.32 Å². The standard InChI is InChI=1S/C11H12FN3O4/c1-5-6(11(16)19-3)4-7(14-2)8(10(12)13)9(5)15(17)18/h4,13-14H,1-3H3. The Balaban J connectivity index is 3.77. The van der Waals surface area contributed by atoms with Crippen LogP contribution in [0.3, 0.4) is 0 Å². The van der Waals surface area contributed by atoms with E-state index >= 15 is 0 Å². The van der Waals surface area contributed by atoms with E-state index in [9.17, 15) is 19.3 Å². The number of benzene rings is 1. The third-order valence-corrected chi connectivity index (χ3v) is 2.63. The van der Waals surface area contributed by atoms with Gasteiger partial charge < -0.3 is 10.1 Å². The lowest BCUT2D eigenvalue weighted by Gasteiger charge is -2.12. The van der Waals surface area contributed by atoms with E-state index in [0.717, 1.165) is 7.11 Å². The number of esters is 1. The van der Waals surface area contributed by atoms with Crippen molar-refractivity contribution in [2.24, 2.45) is 0 Å². The molecular formula is C11H12FN3O4. The van der Waals surface area contributed by atoms with Gasteiger partial charge in [-0.05, 0) is 13.0 Å². The summed E-state index contributed by atoms with van der Waals surface area (Å²) in [5.74, 6) is -2.22. The van der Waals surface area contributed by atoms with Crippen molar-refractivity contribution in [2.75, 3.05) is 19.5 Å². The fraction of sp³-hybridized carbons (Fsp3) is 0.273. The normalized spacial score (nSPS) is 9.89. The van der Waals surface area contributed by atoms with Crippen molar-refractivity contribution >= 4 is 23.3 Å². The zero-order valence-corrected chi connectivity index (χ0v) is 10.5. The highest BCUT2D eigenvalue weighted by molar-refractivity contribution is 6.05. The van der Waals surface area contributed by atoms with E-state index in [0.29, 0.717) is 0 Å². The maximum absolute atomic E-state index is 13.2. The zero-order valence-electron chi connectivity index (χ0n) is 10.5. The summed E-state index contributed by atoms with van der Waals surface area (Å²) in [6.45, 7) is 1.30. The predicted molar refractivity (Wildman–Crippen MR) is 66.7 cm³/mol. The number of hydrogen-bond donors (Lipinski definition) is 2. The van der Waals surface area contributed by atoms with Gasteiger partial charge in [0.15, 0.2) is 0 Å². The maximum Gasteiger partial charge on any atom is 0.338 e. The van der Waals surface area contributed by atoms with Crippen LogP contribution in [0.1, 0.15) is 21.5 Å². The van der Waals surface area contributed by atoms with Crippen LogP contribution in [0.15, 0.2) is 6.07 Å². The molecule has 19 heavy (non-hydrogen) atoms. The molecule has 0 aliphatic heterocycles. The average Bonchev–Trinajstić information content (AvgIpc) is 2.36. The van der Waals surface area contributed by atoms with Crippen molar-refractivity contribution in [3.63, 3.8) is 0 Å². The van der Waals surface area contributed by atoms with E-state index in [1.807, 2.05) is 0 Å². The molecule has 0 heterocycles. The first-order valence-electron chi connectivity index (χ1n) is 5.17. The van der Waals surface area contributed by atoms with Crippen molar-refractivity contribution in [3.05, 3.63) is 32.9 Å². The minimum atomic E-state index is -1.45. The van der Waals surface area contributed by atoms with Gasteiger partial charge in [0.25, 0.3) is 5.69 Å². The minimum Gasteiger partial charge on any atom is -0.465 e. The van der Waals surface area contributed by atoms with Crippen molar-refractivity contribution in [1.29, 1.82) is 5.41 Å². The van der Waals surface area contributed by atoms with Crippen LogP contribution in [0.2, 0.25) is 0 Å². The molecule has 8 heteroatoms. The summed E-state index contributed by atoms with van der Waals surface area (Å²) in [7, 11) is 2.54. The summed E-state index contributed by atoms with van der Waals surface area (Å²) in [5, 5.41) is 20.6. The van der Waals surface area contributed by atoms with Gasteiger partial charge in [-0.25, -0.2) is 4.79 Å². The molecule has 0 bridgehead atoms. The lowest BCUT2D eigenvalue weighted by atomic mass is 9.99. The number of ether oxygens (including phenoxy) is 1. The predicted octanol–water partition coefficient (Wildman–Crippen LogP) is 2.03. The van der Waals surface area contributed by atoms with Crippen LogP contribution in [0.4, 0.5) is 15.8 Å². The lowest BCUT2D eigenvalue weighted by molar-refractivity contribution is -0.385. The van der Waals surface area contributed by atoms with Crippen LogP contribution in [0, 0.1) is 22.4 Å². The number of nitro benzene ring substituents is 1. The second-order valence-corrected chi connectivity index (χ2v) is 3.63. The molecule has 0 aromatic heterocycles. The molecule has 1 rings (SSSR count). The summed E-state index contributed by atoms with van der Waals surface area (Å²) in [5.41, 5.74) is -1.24. The first-order chi connectivity index (χ1) is 8.84. The van der Waals surface area contributed by atoms with Gasteiger partial charge in [-0.2, -0.15) is 4.39 Å². The van der Waals surface area contributed by atoms with E-state index in [2.05, 4.69) is 10.1 Å². The number of nitro groups is 1. The molecule has 1 aromatic rings. The van der Waals surface area contributed by atoms with Gasteiger partial charge in [0, 0.05) is 12.6 Å². The quantitative estimate of drug-likeness (QED) is 0.376. The Morgan fingerprint density at radius 1 is 1.58 bits per heavy atom. The van der Waals surface area contributed by atoms with E-state index in [4.69, 9.17) is 5.41 Å². The molecular weight excluding hydrogens is 257 g/mol. The molecule has 0 fully saturated rings. The van der Waals surface area contributed by atoms with Crippen molar-refractivity contribution in [3.8, 4) is 0 Å². The van der Waals surface area contributed by atoms with Crippen LogP contribution in [-0.2, 0) is 4.74 Å². The fourth-order valence-corrected chi connectivity index (χ4v) is 1.74. The molecule has 0 radical (unpaired) electrons. The third-order valence-electron chi connectivity index (χ3n) is 2.63. The maximum atomic E-state index is 13.2. The minimum absolute atomic E-state index is 0.0230. The summed E-state index contributed by atoms with van der Waals surface area (Å²) < 4.78 is 17.7. The van der Waals surface area contributed by atoms with E-state index in [1.54, 1.807) is 0 Å². The smallest absolute Gasteiger partial charge is 0.338 e. The molecule has 0 saturated carbocycles. The number of hydrogen-bond acceptors (Lipinski definition) is 6. The second kappa shape index (κ2) is 5.42. The summed E-state index contributed by atoms with van der Waals surface area (Å²) in [6, 6.07) is 1.22. The Hall–Kier alpha value is -2.51. The molecule has 0 saturated heterocycles. The zero-order chi connectivity index (χ0) is 14.7. The molecule has 0 unspecified atom stereocenters. The number of halogens is 1. The van der Waals surface area contributed by atoms with Gasteiger partial charge in [0.05, 0.1) is 23.3 Å². The molecule has 0 aliphatic carbocycles. The van der Waals surface area contributed by atoms with E-state index < -0.39 is 28.1 Å². The number of rotatable bonds is 4. The first kappa shape index (κ1) is 14.6. The van der Waals surface area contributed by atoms with Crippen LogP contribution in [0.5, 0.6) is 0 Å². The number of nitrogens with one attached hydrogen (secondary N) is 2. The molecule has 0 atom stereocenters. The van der Waals surface area contributed by atoms with Crippen LogP contribution in [-0.4, -0.2) is 31.0 Å². The number of methoxy groups -OCH3 is 1. The van der Waals surface area contributed by atoms with E-state index in [1.165, 1.54) is 20.0 Å². The van der Waals surface area contributed by atoms with Gasteiger partial charge in [-0.1, -0.05) is 0 Å². The third kappa shape index (κ3) is 2.51. The Morgan fingerprint density at radius 2 is 2.16 bits per heavy atom. The highest BCUT2D eigenvalue weighted by Crippen LogP contribution is 2.33. The second-order valence-electron chi connectivity index (χ2n) is 3.63. The van der Waals surface area contributed by atoms with Crippen molar-refractivity contribution < 1.29 is 18.8 Å². The Bertz CT molecular complexity index is 572. The average molecular weight is 269 g/mol. The Kier molecular flexibility index (Phi) is 4.15. The number of anilines is 1. The molecule has 102 valence electrons. The molecule has 0 spiro atoms. The fourth-order valence-electron chi connectivity index (χ4n) is 1.74. The molecule has 0 amide bonds. The number of carbonyl (C=O) groups is 1. The Morgan fingerprint density at radius 3 is 2.53 bits per heavy atom. The largest absolute Gasteiger partial charge is 0.465 e. The van der Waals surface area contributed by atoms with Crippen molar-refractivity contribution in [2.45, 2.75) is 6.92 Å².